The molecular weight excluding hydrogens is 212 g/mol. The van der Waals surface area contributed by atoms with Gasteiger partial charge in [-0.05, 0) is 38.3 Å². The Morgan fingerprint density at radius 1 is 1.53 bits per heavy atom. The number of aryl methyl sites for hydroxylation is 2. The fourth-order valence-corrected chi connectivity index (χ4v) is 1.92. The zero-order valence-corrected chi connectivity index (χ0v) is 9.56. The van der Waals surface area contributed by atoms with Crippen LogP contribution in [0, 0.1) is 13.8 Å². The summed E-state index contributed by atoms with van der Waals surface area (Å²) in [6.45, 7) is 3.74. The monoisotopic (exact) mass is 224 g/mol. The zero-order chi connectivity index (χ0) is 11.0. The number of halogens is 1. The normalized spacial score (nSPS) is 15.1. The Morgan fingerprint density at radius 3 is 2.73 bits per heavy atom. The number of amides is 1. The molecule has 4 heteroatoms. The number of hydrogen-bond donors (Lipinski definition) is 1. The van der Waals surface area contributed by atoms with Gasteiger partial charge in [0, 0.05) is 11.7 Å². The molecule has 0 radical (unpaired) electrons. The van der Waals surface area contributed by atoms with Crippen molar-refractivity contribution < 1.29 is 4.79 Å². The predicted molar refractivity (Wildman–Crippen MR) is 59.2 cm³/mol. The molecule has 0 aliphatic heterocycles. The molecule has 1 aliphatic rings. The summed E-state index contributed by atoms with van der Waals surface area (Å²) in [6, 6.07) is 2.21. The number of nitrogens with zero attached hydrogens (tertiary/aromatic N) is 1. The lowest BCUT2D eigenvalue weighted by molar-refractivity contribution is 0.0950. The van der Waals surface area contributed by atoms with Gasteiger partial charge >= 0.3 is 0 Å². The molecule has 0 unspecified atom stereocenters. The van der Waals surface area contributed by atoms with Crippen molar-refractivity contribution in [2.75, 3.05) is 0 Å². The third kappa shape index (κ3) is 2.29. The lowest BCUT2D eigenvalue weighted by Gasteiger charge is -2.08. The van der Waals surface area contributed by atoms with Crippen LogP contribution in [0.15, 0.2) is 6.07 Å². The van der Waals surface area contributed by atoms with Crippen LogP contribution in [-0.4, -0.2) is 16.9 Å². The second-order valence-electron chi connectivity index (χ2n) is 3.99. The number of pyridine rings is 1. The molecule has 1 saturated carbocycles. The Labute approximate surface area is 93.8 Å². The molecule has 1 N–H and O–H groups in total. The van der Waals surface area contributed by atoms with Crippen molar-refractivity contribution in [1.82, 2.24) is 10.3 Å². The zero-order valence-electron chi connectivity index (χ0n) is 8.80. The molecule has 0 saturated heterocycles. The molecule has 1 aliphatic carbocycles. The SMILES string of the molecule is Cc1cc(C)c(C(=O)NC2CC2)c(Cl)n1. The molecule has 0 spiro atoms. The summed E-state index contributed by atoms with van der Waals surface area (Å²) in [4.78, 5) is 15.9. The Morgan fingerprint density at radius 2 is 2.20 bits per heavy atom. The highest BCUT2D eigenvalue weighted by Crippen LogP contribution is 2.22. The van der Waals surface area contributed by atoms with Gasteiger partial charge in [0.1, 0.15) is 5.15 Å². The smallest absolute Gasteiger partial charge is 0.254 e. The van der Waals surface area contributed by atoms with Crippen LogP contribution in [0.4, 0.5) is 0 Å². The summed E-state index contributed by atoms with van der Waals surface area (Å²) in [7, 11) is 0. The van der Waals surface area contributed by atoms with Crippen LogP contribution < -0.4 is 5.32 Å². The van der Waals surface area contributed by atoms with E-state index in [1.54, 1.807) is 0 Å². The topological polar surface area (TPSA) is 42.0 Å². The largest absolute Gasteiger partial charge is 0.349 e. The second kappa shape index (κ2) is 3.81. The molecule has 80 valence electrons. The fourth-order valence-electron chi connectivity index (χ4n) is 1.55. The van der Waals surface area contributed by atoms with Crippen LogP contribution in [0.3, 0.4) is 0 Å². The number of hydrogen-bond acceptors (Lipinski definition) is 2. The third-order valence-electron chi connectivity index (χ3n) is 2.44. The summed E-state index contributed by atoms with van der Waals surface area (Å²) < 4.78 is 0. The molecule has 3 nitrogen and oxygen atoms in total. The Bertz CT molecular complexity index is 390. The minimum Gasteiger partial charge on any atom is -0.349 e. The van der Waals surface area contributed by atoms with Gasteiger partial charge in [0.05, 0.1) is 5.56 Å². The Balaban J connectivity index is 2.29. The van der Waals surface area contributed by atoms with E-state index in [1.165, 1.54) is 0 Å². The van der Waals surface area contributed by atoms with Crippen molar-refractivity contribution in [2.45, 2.75) is 32.7 Å². The Kier molecular flexibility index (Phi) is 2.65. The number of aromatic nitrogens is 1. The molecule has 15 heavy (non-hydrogen) atoms. The average molecular weight is 225 g/mol. The van der Waals surface area contributed by atoms with E-state index in [1.807, 2.05) is 19.9 Å². The van der Waals surface area contributed by atoms with Gasteiger partial charge in [0.25, 0.3) is 5.91 Å². The van der Waals surface area contributed by atoms with E-state index in [0.29, 0.717) is 16.8 Å². The highest BCUT2D eigenvalue weighted by Gasteiger charge is 2.25. The number of nitrogens with one attached hydrogen (secondary N) is 1. The molecule has 2 rings (SSSR count). The van der Waals surface area contributed by atoms with Gasteiger partial charge in [0.15, 0.2) is 0 Å². The summed E-state index contributed by atoms with van der Waals surface area (Å²) >= 11 is 5.96. The molecule has 1 fully saturated rings. The maximum absolute atomic E-state index is 11.8. The van der Waals surface area contributed by atoms with Crippen molar-refractivity contribution in [3.05, 3.63) is 28.0 Å². The van der Waals surface area contributed by atoms with Crippen LogP contribution >= 0.6 is 11.6 Å². The quantitative estimate of drug-likeness (QED) is 0.783. The van der Waals surface area contributed by atoms with Crippen molar-refractivity contribution >= 4 is 17.5 Å². The van der Waals surface area contributed by atoms with E-state index in [0.717, 1.165) is 24.1 Å². The van der Waals surface area contributed by atoms with Gasteiger partial charge in [-0.1, -0.05) is 11.6 Å². The molecule has 1 aromatic heterocycles. The van der Waals surface area contributed by atoms with Crippen molar-refractivity contribution in [2.24, 2.45) is 0 Å². The first kappa shape index (κ1) is 10.4. The maximum Gasteiger partial charge on any atom is 0.254 e. The van der Waals surface area contributed by atoms with Gasteiger partial charge in [0.2, 0.25) is 0 Å². The van der Waals surface area contributed by atoms with E-state index in [4.69, 9.17) is 11.6 Å². The average Bonchev–Trinajstić information content (AvgIpc) is 2.85. The first-order chi connectivity index (χ1) is 7.08. The van der Waals surface area contributed by atoms with E-state index in [2.05, 4.69) is 10.3 Å². The minimum absolute atomic E-state index is 0.104. The molecule has 0 atom stereocenters. The van der Waals surface area contributed by atoms with Crippen LogP contribution in [-0.2, 0) is 0 Å². The minimum atomic E-state index is -0.104. The molecule has 0 aromatic carbocycles. The highest BCUT2D eigenvalue weighted by atomic mass is 35.5. The summed E-state index contributed by atoms with van der Waals surface area (Å²) in [6.07, 6.45) is 2.14. The molecule has 0 bridgehead atoms. The van der Waals surface area contributed by atoms with Crippen LogP contribution in [0.1, 0.15) is 34.5 Å². The van der Waals surface area contributed by atoms with Gasteiger partial charge in [-0.25, -0.2) is 4.98 Å². The van der Waals surface area contributed by atoms with Gasteiger partial charge in [-0.2, -0.15) is 0 Å². The standard InChI is InChI=1S/C11H13ClN2O/c1-6-5-7(2)13-10(12)9(6)11(15)14-8-3-4-8/h5,8H,3-4H2,1-2H3,(H,14,15). The highest BCUT2D eigenvalue weighted by molar-refractivity contribution is 6.32. The molecular formula is C11H13ClN2O. The Hall–Kier alpha value is -1.09. The summed E-state index contributed by atoms with van der Waals surface area (Å²) in [5.41, 5.74) is 2.22. The molecule has 1 heterocycles. The van der Waals surface area contributed by atoms with Crippen LogP contribution in [0.5, 0.6) is 0 Å². The van der Waals surface area contributed by atoms with Crippen LogP contribution in [0.25, 0.3) is 0 Å². The lowest BCUT2D eigenvalue weighted by atomic mass is 10.1. The van der Waals surface area contributed by atoms with Crippen molar-refractivity contribution in [3.63, 3.8) is 0 Å². The summed E-state index contributed by atoms with van der Waals surface area (Å²) in [5.74, 6) is -0.104. The predicted octanol–water partition coefficient (Wildman–Crippen LogP) is 2.24. The van der Waals surface area contributed by atoms with Gasteiger partial charge in [-0.15, -0.1) is 0 Å². The van der Waals surface area contributed by atoms with E-state index >= 15 is 0 Å². The number of rotatable bonds is 2. The second-order valence-corrected chi connectivity index (χ2v) is 4.35. The first-order valence-corrected chi connectivity index (χ1v) is 5.40. The van der Waals surface area contributed by atoms with Crippen molar-refractivity contribution in [1.29, 1.82) is 0 Å². The van der Waals surface area contributed by atoms with E-state index in [9.17, 15) is 4.79 Å². The lowest BCUT2D eigenvalue weighted by Crippen LogP contribution is -2.26. The summed E-state index contributed by atoms with van der Waals surface area (Å²) in [5, 5.41) is 3.20. The van der Waals surface area contributed by atoms with Gasteiger partial charge < -0.3 is 5.32 Å². The first-order valence-electron chi connectivity index (χ1n) is 5.02. The third-order valence-corrected chi connectivity index (χ3v) is 2.71. The van der Waals surface area contributed by atoms with Crippen molar-refractivity contribution in [3.8, 4) is 0 Å². The molecule has 1 amide bonds. The van der Waals surface area contributed by atoms with Crippen LogP contribution in [0.2, 0.25) is 5.15 Å². The van der Waals surface area contributed by atoms with E-state index < -0.39 is 0 Å². The van der Waals surface area contributed by atoms with E-state index in [-0.39, 0.29) is 5.91 Å². The molecule has 1 aromatic rings. The maximum atomic E-state index is 11.8. The fraction of sp³-hybridized carbons (Fsp3) is 0.455. The number of carbonyl (C=O) groups excluding carboxylic acids is 1. The number of carbonyl (C=O) groups is 1. The van der Waals surface area contributed by atoms with Gasteiger partial charge in [-0.3, -0.25) is 4.79 Å².